The molecule has 0 spiro atoms. The predicted molar refractivity (Wildman–Crippen MR) is 71.8 cm³/mol. The zero-order valence-corrected chi connectivity index (χ0v) is 10.9. The highest BCUT2D eigenvalue weighted by molar-refractivity contribution is 5.35. The molecule has 100 valence electrons. The first-order valence-corrected chi connectivity index (χ1v) is 5.94. The van der Waals surface area contributed by atoms with Gasteiger partial charge in [0.05, 0.1) is 18.8 Å². The minimum absolute atomic E-state index is 0.140. The molecule has 2 rings (SSSR count). The second-order valence-corrected chi connectivity index (χ2v) is 3.89. The summed E-state index contributed by atoms with van der Waals surface area (Å²) in [6, 6.07) is 5.98. The van der Waals surface area contributed by atoms with Gasteiger partial charge in [0.1, 0.15) is 0 Å². The maximum Gasteiger partial charge on any atom is 0.323 e. The highest BCUT2D eigenvalue weighted by Crippen LogP contribution is 2.13. The number of nitrogens with zero attached hydrogens (tertiary/aromatic N) is 5. The maximum absolute atomic E-state index is 5.64. The number of aromatic nitrogens is 4. The Morgan fingerprint density at radius 2 is 2.11 bits per heavy atom. The van der Waals surface area contributed by atoms with Gasteiger partial charge in [-0.25, -0.2) is 0 Å². The van der Waals surface area contributed by atoms with Crippen LogP contribution in [0.25, 0.3) is 0 Å². The molecule has 0 bridgehead atoms. The van der Waals surface area contributed by atoms with E-state index in [2.05, 4.69) is 19.9 Å². The third-order valence-corrected chi connectivity index (χ3v) is 2.36. The predicted octanol–water partition coefficient (Wildman–Crippen LogP) is 0.884. The minimum atomic E-state index is 0.140. The van der Waals surface area contributed by atoms with E-state index in [1.165, 1.54) is 0 Å². The maximum atomic E-state index is 5.64. The molecule has 2 heterocycles. The average molecular weight is 260 g/mol. The van der Waals surface area contributed by atoms with Gasteiger partial charge in [-0.2, -0.15) is 15.0 Å². The van der Waals surface area contributed by atoms with Gasteiger partial charge in [0.2, 0.25) is 11.9 Å². The number of rotatable bonds is 5. The average Bonchev–Trinajstić information content (AvgIpc) is 2.39. The van der Waals surface area contributed by atoms with Gasteiger partial charge in [-0.05, 0) is 19.1 Å². The van der Waals surface area contributed by atoms with Crippen LogP contribution in [0.5, 0.6) is 6.01 Å². The van der Waals surface area contributed by atoms with E-state index in [9.17, 15) is 0 Å². The fourth-order valence-corrected chi connectivity index (χ4v) is 1.53. The third-order valence-electron chi connectivity index (χ3n) is 2.36. The molecule has 0 saturated heterocycles. The van der Waals surface area contributed by atoms with Crippen molar-refractivity contribution >= 4 is 11.9 Å². The zero-order valence-electron chi connectivity index (χ0n) is 10.9. The van der Waals surface area contributed by atoms with E-state index in [0.29, 0.717) is 19.1 Å². The highest BCUT2D eigenvalue weighted by atomic mass is 16.5. The van der Waals surface area contributed by atoms with Crippen molar-refractivity contribution in [2.45, 2.75) is 13.5 Å². The normalized spacial score (nSPS) is 10.2. The van der Waals surface area contributed by atoms with Crippen LogP contribution in [-0.4, -0.2) is 33.6 Å². The Balaban J connectivity index is 2.16. The monoisotopic (exact) mass is 260 g/mol. The van der Waals surface area contributed by atoms with Crippen LogP contribution in [0.3, 0.4) is 0 Å². The molecule has 0 aliphatic carbocycles. The molecular weight excluding hydrogens is 244 g/mol. The molecular formula is C12H16N6O. The number of hydrogen-bond acceptors (Lipinski definition) is 7. The van der Waals surface area contributed by atoms with Crippen molar-refractivity contribution in [2.24, 2.45) is 0 Å². The second kappa shape index (κ2) is 5.94. The van der Waals surface area contributed by atoms with Gasteiger partial charge in [0.25, 0.3) is 0 Å². The number of pyridine rings is 1. The van der Waals surface area contributed by atoms with Crippen molar-refractivity contribution in [2.75, 3.05) is 24.3 Å². The summed E-state index contributed by atoms with van der Waals surface area (Å²) in [6.07, 6.45) is 1.75. The Morgan fingerprint density at radius 1 is 1.26 bits per heavy atom. The zero-order chi connectivity index (χ0) is 13.7. The Kier molecular flexibility index (Phi) is 4.07. The van der Waals surface area contributed by atoms with E-state index in [-0.39, 0.29) is 12.0 Å². The first-order chi connectivity index (χ1) is 9.19. The lowest BCUT2D eigenvalue weighted by Gasteiger charge is -2.16. The quantitative estimate of drug-likeness (QED) is 0.853. The molecule has 2 N–H and O–H groups in total. The summed E-state index contributed by atoms with van der Waals surface area (Å²) in [6.45, 7) is 2.92. The summed E-state index contributed by atoms with van der Waals surface area (Å²) in [4.78, 5) is 18.3. The Labute approximate surface area is 111 Å². The van der Waals surface area contributed by atoms with Crippen LogP contribution in [0.1, 0.15) is 12.6 Å². The van der Waals surface area contributed by atoms with Crippen molar-refractivity contribution < 1.29 is 4.74 Å². The van der Waals surface area contributed by atoms with E-state index in [1.54, 1.807) is 6.20 Å². The van der Waals surface area contributed by atoms with Crippen molar-refractivity contribution in [1.82, 2.24) is 19.9 Å². The molecule has 0 aromatic carbocycles. The molecule has 0 aliphatic heterocycles. The molecule has 0 atom stereocenters. The summed E-state index contributed by atoms with van der Waals surface area (Å²) >= 11 is 0. The summed E-state index contributed by atoms with van der Waals surface area (Å²) in [7, 11) is 1.86. The number of anilines is 2. The van der Waals surface area contributed by atoms with Gasteiger partial charge in [-0.1, -0.05) is 6.07 Å². The van der Waals surface area contributed by atoms with E-state index < -0.39 is 0 Å². The largest absolute Gasteiger partial charge is 0.464 e. The van der Waals surface area contributed by atoms with Crippen molar-refractivity contribution in [3.8, 4) is 6.01 Å². The minimum Gasteiger partial charge on any atom is -0.464 e. The highest BCUT2D eigenvalue weighted by Gasteiger charge is 2.10. The summed E-state index contributed by atoms with van der Waals surface area (Å²) in [5.74, 6) is 0.600. The smallest absolute Gasteiger partial charge is 0.323 e. The first kappa shape index (κ1) is 13.0. The van der Waals surface area contributed by atoms with Crippen molar-refractivity contribution in [1.29, 1.82) is 0 Å². The molecule has 0 unspecified atom stereocenters. The molecule has 0 fully saturated rings. The van der Waals surface area contributed by atoms with Gasteiger partial charge in [-0.15, -0.1) is 0 Å². The Hall–Kier alpha value is -2.44. The Bertz CT molecular complexity index is 533. The summed E-state index contributed by atoms with van der Waals surface area (Å²) < 4.78 is 5.24. The standard InChI is InChI=1S/C12H16N6O/c1-3-19-12-16-10(13)15-11(17-12)18(2)8-9-6-4-5-7-14-9/h4-7H,3,8H2,1-2H3,(H2,13,15,16,17). The van der Waals surface area contributed by atoms with E-state index in [0.717, 1.165) is 5.69 Å². The fraction of sp³-hybridized carbons (Fsp3) is 0.333. The molecule has 0 radical (unpaired) electrons. The Morgan fingerprint density at radius 3 is 2.79 bits per heavy atom. The van der Waals surface area contributed by atoms with Gasteiger partial charge in [0, 0.05) is 13.2 Å². The number of ether oxygens (including phenoxy) is 1. The van der Waals surface area contributed by atoms with E-state index in [4.69, 9.17) is 10.5 Å². The lowest BCUT2D eigenvalue weighted by atomic mass is 10.3. The van der Waals surface area contributed by atoms with Crippen LogP contribution in [0.4, 0.5) is 11.9 Å². The van der Waals surface area contributed by atoms with Gasteiger partial charge < -0.3 is 15.4 Å². The summed E-state index contributed by atoms with van der Waals surface area (Å²) in [5, 5.41) is 0. The molecule has 0 amide bonds. The first-order valence-electron chi connectivity index (χ1n) is 5.94. The molecule has 7 nitrogen and oxygen atoms in total. The van der Waals surface area contributed by atoms with Gasteiger partial charge in [0.15, 0.2) is 0 Å². The molecule has 2 aromatic heterocycles. The van der Waals surface area contributed by atoms with Crippen LogP contribution in [0, 0.1) is 0 Å². The van der Waals surface area contributed by atoms with Crippen LogP contribution in [0.15, 0.2) is 24.4 Å². The van der Waals surface area contributed by atoms with Crippen molar-refractivity contribution in [3.63, 3.8) is 0 Å². The number of nitrogen functional groups attached to an aromatic ring is 1. The second-order valence-electron chi connectivity index (χ2n) is 3.89. The van der Waals surface area contributed by atoms with Crippen LogP contribution >= 0.6 is 0 Å². The van der Waals surface area contributed by atoms with Crippen LogP contribution in [-0.2, 0) is 6.54 Å². The van der Waals surface area contributed by atoms with Crippen LogP contribution in [0.2, 0.25) is 0 Å². The van der Waals surface area contributed by atoms with Crippen molar-refractivity contribution in [3.05, 3.63) is 30.1 Å². The third kappa shape index (κ3) is 3.51. The molecule has 7 heteroatoms. The summed E-state index contributed by atoms with van der Waals surface area (Å²) in [5.41, 5.74) is 6.55. The number of hydrogen-bond donors (Lipinski definition) is 1. The molecule has 0 aliphatic rings. The molecule has 2 aromatic rings. The van der Waals surface area contributed by atoms with Crippen LogP contribution < -0.4 is 15.4 Å². The van der Waals surface area contributed by atoms with Gasteiger partial charge >= 0.3 is 6.01 Å². The molecule has 19 heavy (non-hydrogen) atoms. The van der Waals surface area contributed by atoms with E-state index >= 15 is 0 Å². The number of nitrogens with two attached hydrogens (primary N) is 1. The fourth-order valence-electron chi connectivity index (χ4n) is 1.53. The SMILES string of the molecule is CCOc1nc(N)nc(N(C)Cc2ccccn2)n1. The lowest BCUT2D eigenvalue weighted by Crippen LogP contribution is -2.21. The van der Waals surface area contributed by atoms with Gasteiger partial charge in [-0.3, -0.25) is 4.98 Å². The molecule has 0 saturated carbocycles. The van der Waals surface area contributed by atoms with E-state index in [1.807, 2.05) is 37.1 Å². The lowest BCUT2D eigenvalue weighted by molar-refractivity contribution is 0.312. The topological polar surface area (TPSA) is 90.0 Å².